The Hall–Kier alpha value is -6.12. The maximum atomic E-state index is 5.26. The van der Waals surface area contributed by atoms with Gasteiger partial charge in [0.2, 0.25) is 0 Å². The van der Waals surface area contributed by atoms with E-state index < -0.39 is 0 Å². The average Bonchev–Trinajstić information content (AvgIpc) is 3.56. The highest BCUT2D eigenvalue weighted by Crippen LogP contribution is 2.54. The summed E-state index contributed by atoms with van der Waals surface area (Å²) in [6.07, 6.45) is 0. The van der Waals surface area contributed by atoms with Gasteiger partial charge in [-0.15, -0.1) is 0 Å². The van der Waals surface area contributed by atoms with Gasteiger partial charge in [0, 0.05) is 27.5 Å². The summed E-state index contributed by atoms with van der Waals surface area (Å²) in [6.45, 7) is 9.39. The van der Waals surface area contributed by atoms with Crippen molar-refractivity contribution in [3.8, 4) is 67.3 Å². The Morgan fingerprint density at radius 3 is 1.77 bits per heavy atom. The topological polar surface area (TPSA) is 25.8 Å². The molecule has 248 valence electrons. The van der Waals surface area contributed by atoms with E-state index in [1.165, 1.54) is 66.4 Å². The van der Waals surface area contributed by atoms with Crippen molar-refractivity contribution < 1.29 is 0 Å². The Kier molecular flexibility index (Phi) is 6.60. The SMILES string of the molecule is CC1(C)c2cc3ccccc3cc2-c2c(-c3ccc(-c4cc(-c5cccc6c5C(C)(C)c5ccccc5-6)nc(-c5ccccc5)n4)cc3)cccc21. The molecule has 2 aliphatic carbocycles. The van der Waals surface area contributed by atoms with Gasteiger partial charge < -0.3 is 0 Å². The van der Waals surface area contributed by atoms with E-state index in [-0.39, 0.29) is 10.8 Å². The monoisotopic (exact) mass is 666 g/mol. The molecule has 0 atom stereocenters. The Bertz CT molecular complexity index is 2720. The zero-order valence-electron chi connectivity index (χ0n) is 29.9. The largest absolute Gasteiger partial charge is 0.228 e. The van der Waals surface area contributed by atoms with E-state index in [2.05, 4.69) is 179 Å². The molecule has 1 aromatic heterocycles. The van der Waals surface area contributed by atoms with Crippen molar-refractivity contribution in [3.05, 3.63) is 180 Å². The van der Waals surface area contributed by atoms with Crippen LogP contribution in [0, 0.1) is 0 Å². The van der Waals surface area contributed by atoms with Crippen LogP contribution in [0.3, 0.4) is 0 Å². The molecular formula is C50H38N2. The number of aromatic nitrogens is 2. The molecule has 0 aliphatic heterocycles. The van der Waals surface area contributed by atoms with Crippen molar-refractivity contribution in [2.24, 2.45) is 0 Å². The van der Waals surface area contributed by atoms with Crippen molar-refractivity contribution >= 4 is 10.8 Å². The highest BCUT2D eigenvalue weighted by Gasteiger charge is 2.38. The number of hydrogen-bond donors (Lipinski definition) is 0. The minimum Gasteiger partial charge on any atom is -0.228 e. The molecule has 0 N–H and O–H groups in total. The molecule has 0 bridgehead atoms. The second-order valence-electron chi connectivity index (χ2n) is 15.4. The number of rotatable bonds is 4. The molecule has 0 unspecified atom stereocenters. The zero-order valence-corrected chi connectivity index (χ0v) is 29.9. The van der Waals surface area contributed by atoms with Crippen LogP contribution in [0.15, 0.2) is 158 Å². The number of benzene rings is 7. The second-order valence-corrected chi connectivity index (χ2v) is 15.4. The van der Waals surface area contributed by atoms with Gasteiger partial charge in [-0.05, 0) is 84.6 Å². The van der Waals surface area contributed by atoms with Crippen LogP contribution in [0.1, 0.15) is 49.9 Å². The summed E-state index contributed by atoms with van der Waals surface area (Å²) in [6, 6.07) is 57.3. The maximum absolute atomic E-state index is 5.26. The van der Waals surface area contributed by atoms with Crippen LogP contribution in [0.4, 0.5) is 0 Å². The van der Waals surface area contributed by atoms with Crippen LogP contribution in [-0.2, 0) is 10.8 Å². The van der Waals surface area contributed by atoms with Gasteiger partial charge in [0.1, 0.15) is 0 Å². The molecule has 10 rings (SSSR count). The van der Waals surface area contributed by atoms with Crippen LogP contribution < -0.4 is 0 Å². The van der Waals surface area contributed by atoms with Crippen molar-refractivity contribution in [2.45, 2.75) is 38.5 Å². The first-order valence-electron chi connectivity index (χ1n) is 18.3. The quantitative estimate of drug-likeness (QED) is 0.187. The number of nitrogens with zero attached hydrogens (tertiary/aromatic N) is 2. The van der Waals surface area contributed by atoms with Gasteiger partial charge in [0.25, 0.3) is 0 Å². The van der Waals surface area contributed by atoms with Crippen molar-refractivity contribution in [1.82, 2.24) is 9.97 Å². The summed E-state index contributed by atoms with van der Waals surface area (Å²) in [5.41, 5.74) is 18.1. The predicted molar refractivity (Wildman–Crippen MR) is 216 cm³/mol. The highest BCUT2D eigenvalue weighted by molar-refractivity contribution is 5.98. The third-order valence-corrected chi connectivity index (χ3v) is 11.7. The summed E-state index contributed by atoms with van der Waals surface area (Å²) in [5, 5.41) is 2.57. The molecule has 52 heavy (non-hydrogen) atoms. The lowest BCUT2D eigenvalue weighted by Crippen LogP contribution is -2.16. The van der Waals surface area contributed by atoms with E-state index in [4.69, 9.17) is 9.97 Å². The van der Waals surface area contributed by atoms with Crippen LogP contribution in [0.25, 0.3) is 78.1 Å². The molecule has 8 aromatic rings. The van der Waals surface area contributed by atoms with Crippen molar-refractivity contribution in [1.29, 1.82) is 0 Å². The number of fused-ring (bicyclic) bond motifs is 7. The van der Waals surface area contributed by atoms with E-state index in [1.54, 1.807) is 0 Å². The minimum atomic E-state index is -0.155. The average molecular weight is 667 g/mol. The molecule has 0 saturated carbocycles. The maximum Gasteiger partial charge on any atom is 0.160 e. The number of hydrogen-bond acceptors (Lipinski definition) is 2. The molecule has 0 spiro atoms. The Morgan fingerprint density at radius 1 is 0.365 bits per heavy atom. The minimum absolute atomic E-state index is 0.0800. The van der Waals surface area contributed by atoms with Crippen LogP contribution in [0.5, 0.6) is 0 Å². The summed E-state index contributed by atoms with van der Waals surface area (Å²) >= 11 is 0. The molecule has 0 radical (unpaired) electrons. The Balaban J connectivity index is 1.11. The van der Waals surface area contributed by atoms with E-state index in [0.717, 1.165) is 33.9 Å². The van der Waals surface area contributed by atoms with Gasteiger partial charge in [-0.2, -0.15) is 0 Å². The van der Waals surface area contributed by atoms with Gasteiger partial charge in [-0.25, -0.2) is 9.97 Å². The molecule has 2 aliphatic rings. The van der Waals surface area contributed by atoms with E-state index in [9.17, 15) is 0 Å². The molecule has 1 heterocycles. The highest BCUT2D eigenvalue weighted by atomic mass is 14.9. The second kappa shape index (κ2) is 11.2. The van der Waals surface area contributed by atoms with E-state index in [0.29, 0.717) is 0 Å². The van der Waals surface area contributed by atoms with Gasteiger partial charge >= 0.3 is 0 Å². The summed E-state index contributed by atoms with van der Waals surface area (Å²) in [4.78, 5) is 10.5. The fourth-order valence-corrected chi connectivity index (χ4v) is 9.04. The van der Waals surface area contributed by atoms with Gasteiger partial charge in [-0.3, -0.25) is 0 Å². The van der Waals surface area contributed by atoms with Gasteiger partial charge in [-0.1, -0.05) is 167 Å². The van der Waals surface area contributed by atoms with Crippen molar-refractivity contribution in [3.63, 3.8) is 0 Å². The normalized spacial score (nSPS) is 14.5. The summed E-state index contributed by atoms with van der Waals surface area (Å²) < 4.78 is 0. The lowest BCUT2D eigenvalue weighted by atomic mass is 9.79. The standard InChI is InChI=1S/C50H38N2/c1-49(2)42-23-13-19-36(46(42)40-28-34-16-8-9-17-35(34)29-43(40)49)31-24-26-32(27-25-31)44-30-45(52-48(51-44)33-14-6-5-7-15-33)39-21-12-20-38-37-18-10-11-22-41(37)50(3,4)47(38)39/h5-30H,1-4H3. The van der Waals surface area contributed by atoms with Crippen LogP contribution in [0.2, 0.25) is 0 Å². The Morgan fingerprint density at radius 2 is 0.962 bits per heavy atom. The van der Waals surface area contributed by atoms with E-state index >= 15 is 0 Å². The molecular weight excluding hydrogens is 629 g/mol. The molecule has 0 saturated heterocycles. The van der Waals surface area contributed by atoms with Gasteiger partial charge in [0.15, 0.2) is 5.82 Å². The first-order chi connectivity index (χ1) is 25.3. The summed E-state index contributed by atoms with van der Waals surface area (Å²) in [7, 11) is 0. The van der Waals surface area contributed by atoms with E-state index in [1.807, 2.05) is 6.07 Å². The lowest BCUT2D eigenvalue weighted by Gasteiger charge is -2.24. The molecule has 0 fully saturated rings. The first kappa shape index (κ1) is 30.7. The van der Waals surface area contributed by atoms with Crippen LogP contribution >= 0.6 is 0 Å². The smallest absolute Gasteiger partial charge is 0.160 e. The zero-order chi connectivity index (χ0) is 35.2. The molecule has 2 heteroatoms. The van der Waals surface area contributed by atoms with Crippen LogP contribution in [-0.4, -0.2) is 9.97 Å². The predicted octanol–water partition coefficient (Wildman–Crippen LogP) is 12.9. The van der Waals surface area contributed by atoms with Crippen molar-refractivity contribution in [2.75, 3.05) is 0 Å². The molecule has 2 nitrogen and oxygen atoms in total. The first-order valence-corrected chi connectivity index (χ1v) is 18.3. The summed E-state index contributed by atoms with van der Waals surface area (Å²) in [5.74, 6) is 0.732. The van der Waals surface area contributed by atoms with Gasteiger partial charge in [0.05, 0.1) is 11.4 Å². The Labute approximate surface area is 305 Å². The fraction of sp³-hybridized carbons (Fsp3) is 0.120. The lowest BCUT2D eigenvalue weighted by molar-refractivity contribution is 0.661. The molecule has 0 amide bonds. The molecule has 7 aromatic carbocycles. The third kappa shape index (κ3) is 4.50. The fourth-order valence-electron chi connectivity index (χ4n) is 9.04. The third-order valence-electron chi connectivity index (χ3n) is 11.7.